The average molecular weight is 357 g/mol. The van der Waals surface area contributed by atoms with E-state index < -0.39 is 0 Å². The summed E-state index contributed by atoms with van der Waals surface area (Å²) in [6, 6.07) is 6.94. The molecule has 0 saturated carbocycles. The van der Waals surface area contributed by atoms with Gasteiger partial charge in [0, 0.05) is 43.4 Å². The van der Waals surface area contributed by atoms with E-state index in [2.05, 4.69) is 79.1 Å². The van der Waals surface area contributed by atoms with Crippen LogP contribution in [0.5, 0.6) is 0 Å². The van der Waals surface area contributed by atoms with Gasteiger partial charge in [0.1, 0.15) is 0 Å². The van der Waals surface area contributed by atoms with E-state index in [0.717, 1.165) is 24.2 Å². The van der Waals surface area contributed by atoms with Gasteiger partial charge in [-0.25, -0.2) is 0 Å². The van der Waals surface area contributed by atoms with E-state index >= 15 is 0 Å². The molecule has 3 nitrogen and oxygen atoms in total. The Hall–Kier alpha value is -0.580. The summed E-state index contributed by atoms with van der Waals surface area (Å²) < 4.78 is 6.20. The van der Waals surface area contributed by atoms with E-state index in [0.29, 0.717) is 6.04 Å². The van der Waals surface area contributed by atoms with Crippen LogP contribution in [0.25, 0.3) is 0 Å². The van der Waals surface area contributed by atoms with Gasteiger partial charge >= 0.3 is 0 Å². The molecule has 21 heavy (non-hydrogen) atoms. The molecule has 1 unspecified atom stereocenters. The average Bonchev–Trinajstić information content (AvgIpc) is 2.42. The van der Waals surface area contributed by atoms with E-state index in [1.165, 1.54) is 11.3 Å². The number of hydrogen-bond acceptors (Lipinski definition) is 3. The van der Waals surface area contributed by atoms with Crippen molar-refractivity contribution in [2.45, 2.75) is 40.3 Å². The van der Waals surface area contributed by atoms with Gasteiger partial charge in [-0.05, 0) is 30.0 Å². The number of halogens is 1. The summed E-state index contributed by atoms with van der Waals surface area (Å²) in [5.74, 6) is 0. The highest BCUT2D eigenvalue weighted by Gasteiger charge is 2.25. The van der Waals surface area contributed by atoms with E-state index in [4.69, 9.17) is 4.74 Å². The highest BCUT2D eigenvalue weighted by molar-refractivity contribution is 9.10. The van der Waals surface area contributed by atoms with Crippen LogP contribution in [0.1, 0.15) is 33.3 Å². The maximum atomic E-state index is 5.08. The maximum absolute atomic E-state index is 5.08. The molecule has 1 aromatic carbocycles. The molecule has 1 rings (SSSR count). The number of benzene rings is 1. The summed E-state index contributed by atoms with van der Waals surface area (Å²) in [6.07, 6.45) is 0. The van der Waals surface area contributed by atoms with E-state index in [9.17, 15) is 0 Å². The summed E-state index contributed by atoms with van der Waals surface area (Å²) in [5, 5.41) is 3.43. The van der Waals surface area contributed by atoms with Crippen LogP contribution in [-0.2, 0) is 11.3 Å². The number of methoxy groups -OCH3 is 1. The maximum Gasteiger partial charge on any atom is 0.0587 e. The van der Waals surface area contributed by atoms with Gasteiger partial charge in [0.15, 0.2) is 0 Å². The number of nitrogens with zero attached hydrogens (tertiary/aromatic N) is 1. The van der Waals surface area contributed by atoms with Crippen LogP contribution in [0.2, 0.25) is 0 Å². The Labute approximate surface area is 138 Å². The van der Waals surface area contributed by atoms with Crippen LogP contribution in [0.15, 0.2) is 22.7 Å². The molecule has 1 atom stereocenters. The molecule has 4 heteroatoms. The third-order valence-corrected chi connectivity index (χ3v) is 4.55. The van der Waals surface area contributed by atoms with Crippen molar-refractivity contribution in [1.29, 1.82) is 0 Å². The summed E-state index contributed by atoms with van der Waals surface area (Å²) in [5.41, 5.74) is 2.82. The first-order chi connectivity index (χ1) is 9.77. The van der Waals surface area contributed by atoms with E-state index in [-0.39, 0.29) is 5.41 Å². The number of hydrogen-bond donors (Lipinski definition) is 1. The van der Waals surface area contributed by atoms with Crippen LogP contribution in [0.4, 0.5) is 5.69 Å². The quantitative estimate of drug-likeness (QED) is 0.745. The minimum Gasteiger partial charge on any atom is -0.383 e. The van der Waals surface area contributed by atoms with Crippen LogP contribution in [0, 0.1) is 5.41 Å². The first-order valence-electron chi connectivity index (χ1n) is 7.48. The highest BCUT2D eigenvalue weighted by Crippen LogP contribution is 2.31. The van der Waals surface area contributed by atoms with Crippen LogP contribution in [0.3, 0.4) is 0 Å². The molecule has 1 aromatic rings. The number of rotatable bonds is 7. The molecule has 120 valence electrons. The molecule has 0 radical (unpaired) electrons. The van der Waals surface area contributed by atoms with Crippen molar-refractivity contribution in [3.8, 4) is 0 Å². The predicted octanol–water partition coefficient (Wildman–Crippen LogP) is 4.06. The molecule has 0 fully saturated rings. The van der Waals surface area contributed by atoms with Gasteiger partial charge in [0.2, 0.25) is 0 Å². The number of nitrogens with one attached hydrogen (secondary N) is 1. The zero-order valence-electron chi connectivity index (χ0n) is 14.2. The zero-order chi connectivity index (χ0) is 16.0. The smallest absolute Gasteiger partial charge is 0.0587 e. The topological polar surface area (TPSA) is 24.5 Å². The van der Waals surface area contributed by atoms with Gasteiger partial charge in [-0.3, -0.25) is 0 Å². The fraction of sp³-hybridized carbons (Fsp3) is 0.647. The fourth-order valence-corrected chi connectivity index (χ4v) is 2.55. The largest absolute Gasteiger partial charge is 0.383 e. The first kappa shape index (κ1) is 18.5. The Morgan fingerprint density at radius 2 is 2.00 bits per heavy atom. The van der Waals surface area contributed by atoms with Gasteiger partial charge in [-0.1, -0.05) is 42.8 Å². The molecule has 0 bridgehead atoms. The molecule has 0 aromatic heterocycles. The van der Waals surface area contributed by atoms with E-state index in [1.54, 1.807) is 7.11 Å². The van der Waals surface area contributed by atoms with Crippen molar-refractivity contribution in [1.82, 2.24) is 5.32 Å². The third-order valence-electron chi connectivity index (χ3n) is 4.06. The van der Waals surface area contributed by atoms with Crippen molar-refractivity contribution in [2.75, 3.05) is 32.2 Å². The second kappa shape index (κ2) is 8.16. The Bertz CT molecular complexity index is 443. The second-order valence-corrected chi connectivity index (χ2v) is 7.51. The van der Waals surface area contributed by atoms with E-state index in [1.807, 2.05) is 0 Å². The standard InChI is InChI=1S/C17H29BrN2O/c1-13(17(2,3)4)20(5)16-11-15(18)8-7-14(16)12-19-9-10-21-6/h7-8,11,13,19H,9-10,12H2,1-6H3. The Morgan fingerprint density at radius 3 is 2.57 bits per heavy atom. The second-order valence-electron chi connectivity index (χ2n) is 6.60. The number of ether oxygens (including phenoxy) is 1. The van der Waals surface area contributed by atoms with Gasteiger partial charge in [0.05, 0.1) is 6.61 Å². The molecule has 0 aliphatic carbocycles. The lowest BCUT2D eigenvalue weighted by Crippen LogP contribution is -2.40. The normalized spacial score (nSPS) is 13.3. The molecule has 0 aliphatic heterocycles. The van der Waals surface area contributed by atoms with Gasteiger partial charge in [-0.2, -0.15) is 0 Å². The zero-order valence-corrected chi connectivity index (χ0v) is 15.8. The molecular formula is C17H29BrN2O. The van der Waals surface area contributed by atoms with Crippen molar-refractivity contribution < 1.29 is 4.74 Å². The highest BCUT2D eigenvalue weighted by atomic mass is 79.9. The van der Waals surface area contributed by atoms with Crippen molar-refractivity contribution >= 4 is 21.6 Å². The Balaban J connectivity index is 2.90. The van der Waals surface area contributed by atoms with Crippen LogP contribution in [-0.4, -0.2) is 33.4 Å². The Kier molecular flexibility index (Phi) is 7.17. The van der Waals surface area contributed by atoms with Gasteiger partial charge in [0.25, 0.3) is 0 Å². The monoisotopic (exact) mass is 356 g/mol. The molecule has 0 heterocycles. The van der Waals surface area contributed by atoms with Gasteiger partial charge < -0.3 is 15.0 Å². The lowest BCUT2D eigenvalue weighted by atomic mass is 9.86. The summed E-state index contributed by atoms with van der Waals surface area (Å²) in [7, 11) is 3.90. The van der Waals surface area contributed by atoms with Gasteiger partial charge in [-0.15, -0.1) is 0 Å². The minimum atomic E-state index is 0.234. The molecule has 0 spiro atoms. The predicted molar refractivity (Wildman–Crippen MR) is 95.0 cm³/mol. The Morgan fingerprint density at radius 1 is 1.33 bits per heavy atom. The molecule has 0 saturated heterocycles. The number of anilines is 1. The first-order valence-corrected chi connectivity index (χ1v) is 8.27. The molecule has 0 amide bonds. The van der Waals surface area contributed by atoms with Crippen LogP contribution >= 0.6 is 15.9 Å². The van der Waals surface area contributed by atoms with Crippen LogP contribution < -0.4 is 10.2 Å². The molecule has 1 N–H and O–H groups in total. The summed E-state index contributed by atoms with van der Waals surface area (Å²) >= 11 is 3.59. The van der Waals surface area contributed by atoms with Crippen molar-refractivity contribution in [2.24, 2.45) is 5.41 Å². The lowest BCUT2D eigenvalue weighted by Gasteiger charge is -2.38. The lowest BCUT2D eigenvalue weighted by molar-refractivity contribution is 0.199. The SMILES string of the molecule is COCCNCc1ccc(Br)cc1N(C)C(C)C(C)(C)C. The summed E-state index contributed by atoms with van der Waals surface area (Å²) in [6.45, 7) is 11.6. The minimum absolute atomic E-state index is 0.234. The summed E-state index contributed by atoms with van der Waals surface area (Å²) in [4.78, 5) is 2.37. The third kappa shape index (κ3) is 5.61. The van der Waals surface area contributed by atoms with Crippen molar-refractivity contribution in [3.05, 3.63) is 28.2 Å². The molecule has 0 aliphatic rings. The fourth-order valence-electron chi connectivity index (χ4n) is 2.20. The van der Waals surface area contributed by atoms with Crippen molar-refractivity contribution in [3.63, 3.8) is 0 Å². The molecular weight excluding hydrogens is 328 g/mol.